The number of thiophene rings is 1. The normalized spacial score (nSPS) is 12.1. The maximum absolute atomic E-state index is 6.67. The van der Waals surface area contributed by atoms with Gasteiger partial charge in [-0.3, -0.25) is 0 Å². The summed E-state index contributed by atoms with van der Waals surface area (Å²) in [6, 6.07) is 66.7. The maximum Gasteiger partial charge on any atom is 0.153 e. The summed E-state index contributed by atoms with van der Waals surface area (Å²) in [5.74, 6) is 0. The largest absolute Gasteiger partial charge is 0.455 e. The molecule has 0 saturated carbocycles. The van der Waals surface area contributed by atoms with Crippen molar-refractivity contribution in [3.63, 3.8) is 0 Å². The van der Waals surface area contributed by atoms with E-state index in [9.17, 15) is 0 Å². The molecule has 0 amide bonds. The lowest BCUT2D eigenvalue weighted by atomic mass is 9.84. The number of rotatable bonds is 3. The van der Waals surface area contributed by atoms with Crippen LogP contribution in [-0.4, -0.2) is 0 Å². The minimum atomic E-state index is 0.917. The van der Waals surface area contributed by atoms with Crippen LogP contribution in [0.1, 0.15) is 0 Å². The molecule has 2 heterocycles. The van der Waals surface area contributed by atoms with Crippen LogP contribution in [0.4, 0.5) is 0 Å². The van der Waals surface area contributed by atoms with Gasteiger partial charge in [0.05, 0.1) is 4.70 Å². The van der Waals surface area contributed by atoms with E-state index < -0.39 is 0 Å². The van der Waals surface area contributed by atoms with Crippen LogP contribution in [0.2, 0.25) is 0 Å². The molecule has 0 saturated heterocycles. The Bertz CT molecular complexity index is 3450. The molecule has 0 fully saturated rings. The fraction of sp³-hybridized carbons (Fsp3) is 0. The highest BCUT2D eigenvalue weighted by atomic mass is 32.1. The quantitative estimate of drug-likeness (QED) is 0.167. The second-order valence-corrected chi connectivity index (χ2v) is 15.4. The molecule has 250 valence electrons. The average molecular weight is 703 g/mol. The molecule has 0 unspecified atom stereocenters. The third-order valence-corrected chi connectivity index (χ3v) is 12.7. The first-order valence-corrected chi connectivity index (χ1v) is 19.3. The van der Waals surface area contributed by atoms with Gasteiger partial charge in [-0.25, -0.2) is 0 Å². The van der Waals surface area contributed by atoms with Gasteiger partial charge in [0.15, 0.2) is 5.58 Å². The fourth-order valence-electron chi connectivity index (χ4n) is 9.00. The van der Waals surface area contributed by atoms with Gasteiger partial charge < -0.3 is 4.42 Å². The van der Waals surface area contributed by atoms with E-state index in [1.165, 1.54) is 96.6 Å². The molecule has 0 radical (unpaired) electrons. The molecule has 12 aromatic rings. The number of hydrogen-bond acceptors (Lipinski definition) is 2. The van der Waals surface area contributed by atoms with Crippen LogP contribution < -0.4 is 0 Å². The summed E-state index contributed by atoms with van der Waals surface area (Å²) in [5.41, 5.74) is 9.28. The number of fused-ring (bicyclic) bond motifs is 12. The molecule has 2 aromatic heterocycles. The molecule has 0 aliphatic carbocycles. The molecule has 0 N–H and O–H groups in total. The van der Waals surface area contributed by atoms with Gasteiger partial charge in [-0.2, -0.15) is 0 Å². The van der Waals surface area contributed by atoms with Crippen LogP contribution in [-0.2, 0) is 0 Å². The van der Waals surface area contributed by atoms with Gasteiger partial charge in [-0.1, -0.05) is 158 Å². The monoisotopic (exact) mass is 702 g/mol. The predicted molar refractivity (Wildman–Crippen MR) is 233 cm³/mol. The molecule has 0 aliphatic heterocycles. The van der Waals surface area contributed by atoms with E-state index in [0.717, 1.165) is 21.9 Å². The molecule has 10 aromatic carbocycles. The summed E-state index contributed by atoms with van der Waals surface area (Å²) in [4.78, 5) is 0. The van der Waals surface area contributed by atoms with E-state index in [4.69, 9.17) is 4.42 Å². The highest BCUT2D eigenvalue weighted by Gasteiger charge is 2.19. The summed E-state index contributed by atoms with van der Waals surface area (Å²) >= 11 is 1.84. The molecule has 0 atom stereocenters. The van der Waals surface area contributed by atoms with Crippen molar-refractivity contribution in [2.24, 2.45) is 0 Å². The van der Waals surface area contributed by atoms with Crippen molar-refractivity contribution in [2.75, 3.05) is 0 Å². The van der Waals surface area contributed by atoms with Crippen molar-refractivity contribution in [1.29, 1.82) is 0 Å². The van der Waals surface area contributed by atoms with E-state index in [0.29, 0.717) is 0 Å². The summed E-state index contributed by atoms with van der Waals surface area (Å²) in [6.45, 7) is 0. The topological polar surface area (TPSA) is 13.1 Å². The Morgan fingerprint density at radius 2 is 0.870 bits per heavy atom. The van der Waals surface area contributed by atoms with Crippen LogP contribution in [0.5, 0.6) is 0 Å². The number of furan rings is 1. The van der Waals surface area contributed by atoms with Crippen LogP contribution in [0.25, 0.3) is 119 Å². The minimum Gasteiger partial charge on any atom is -0.455 e. The highest BCUT2D eigenvalue weighted by Crippen LogP contribution is 2.47. The molecule has 1 nitrogen and oxygen atoms in total. The van der Waals surface area contributed by atoms with Gasteiger partial charge >= 0.3 is 0 Å². The Morgan fingerprint density at radius 3 is 1.65 bits per heavy atom. The lowest BCUT2D eigenvalue weighted by Crippen LogP contribution is -1.92. The van der Waals surface area contributed by atoms with Crippen molar-refractivity contribution in [3.05, 3.63) is 182 Å². The van der Waals surface area contributed by atoms with E-state index in [1.54, 1.807) is 0 Å². The number of benzene rings is 10. The fourth-order valence-corrected chi connectivity index (χ4v) is 10.3. The lowest BCUT2D eigenvalue weighted by Gasteiger charge is -2.19. The maximum atomic E-state index is 6.67. The van der Waals surface area contributed by atoms with E-state index >= 15 is 0 Å². The van der Waals surface area contributed by atoms with Crippen LogP contribution >= 0.6 is 11.3 Å². The molecule has 54 heavy (non-hydrogen) atoms. The van der Waals surface area contributed by atoms with Crippen LogP contribution in [0, 0.1) is 0 Å². The summed E-state index contributed by atoms with van der Waals surface area (Å²) in [6.07, 6.45) is 0. The molecule has 2 heteroatoms. The second kappa shape index (κ2) is 11.4. The van der Waals surface area contributed by atoms with Crippen molar-refractivity contribution in [3.8, 4) is 33.4 Å². The Hall–Kier alpha value is -6.74. The predicted octanol–water partition coefficient (Wildman–Crippen LogP) is 15.6. The molecule has 0 spiro atoms. The first-order valence-electron chi connectivity index (χ1n) is 18.5. The van der Waals surface area contributed by atoms with Crippen molar-refractivity contribution in [1.82, 2.24) is 0 Å². The van der Waals surface area contributed by atoms with Gasteiger partial charge in [0.25, 0.3) is 0 Å². The van der Waals surface area contributed by atoms with E-state index in [-0.39, 0.29) is 0 Å². The summed E-state index contributed by atoms with van der Waals surface area (Å²) in [5, 5.41) is 15.0. The third-order valence-electron chi connectivity index (χ3n) is 11.4. The highest BCUT2D eigenvalue weighted by molar-refractivity contribution is 7.27. The standard InChI is InChI=1S/C52H30OS/c1-3-16-36-31(11-1)13-10-22-38(36)49-41-20-7-5-18-39(41)48(40-19-6-8-21-42(40)49)35-15-9-14-33(29-35)34-24-28-47-46(30-34)43-26-27-45-44-25-23-32-12-2-4-17-37(32)51(44)54-52(45)50(43)53-47/h1-30H. The van der Waals surface area contributed by atoms with Gasteiger partial charge in [-0.15, -0.1) is 11.3 Å². The molecule has 0 aliphatic rings. The SMILES string of the molecule is c1cc(-c2ccc3oc4c(ccc5c6ccc7ccccc7c6sc54)c3c2)cc(-c2c3ccccc3c(-c3cccc4ccccc34)c3ccccc23)c1. The smallest absolute Gasteiger partial charge is 0.153 e. The van der Waals surface area contributed by atoms with E-state index in [1.807, 2.05) is 11.3 Å². The molecular formula is C52H30OS. The Kier molecular flexibility index (Phi) is 6.28. The Labute approximate surface area is 314 Å². The molecule has 12 rings (SSSR count). The van der Waals surface area contributed by atoms with Gasteiger partial charge in [-0.05, 0) is 101 Å². The zero-order chi connectivity index (χ0) is 35.3. The van der Waals surface area contributed by atoms with Crippen molar-refractivity contribution >= 4 is 96.5 Å². The number of hydrogen-bond donors (Lipinski definition) is 0. The molecular weight excluding hydrogens is 673 g/mol. The first kappa shape index (κ1) is 29.8. The second-order valence-electron chi connectivity index (χ2n) is 14.3. The third kappa shape index (κ3) is 4.26. The summed E-state index contributed by atoms with van der Waals surface area (Å²) in [7, 11) is 0. The van der Waals surface area contributed by atoms with Crippen LogP contribution in [0.3, 0.4) is 0 Å². The Morgan fingerprint density at radius 1 is 0.315 bits per heavy atom. The first-order chi connectivity index (χ1) is 26.8. The van der Waals surface area contributed by atoms with Crippen molar-refractivity contribution in [2.45, 2.75) is 0 Å². The zero-order valence-corrected chi connectivity index (χ0v) is 30.0. The van der Waals surface area contributed by atoms with Gasteiger partial charge in [0.1, 0.15) is 5.58 Å². The van der Waals surface area contributed by atoms with Crippen molar-refractivity contribution < 1.29 is 4.42 Å². The minimum absolute atomic E-state index is 0.917. The lowest BCUT2D eigenvalue weighted by molar-refractivity contribution is 0.673. The average Bonchev–Trinajstić information content (AvgIpc) is 3.81. The molecule has 0 bridgehead atoms. The summed E-state index contributed by atoms with van der Waals surface area (Å²) < 4.78 is 9.20. The zero-order valence-electron chi connectivity index (χ0n) is 29.1. The van der Waals surface area contributed by atoms with Crippen LogP contribution in [0.15, 0.2) is 186 Å². The van der Waals surface area contributed by atoms with Gasteiger partial charge in [0.2, 0.25) is 0 Å². The van der Waals surface area contributed by atoms with E-state index in [2.05, 4.69) is 182 Å². The Balaban J connectivity index is 1.04. The van der Waals surface area contributed by atoms with Gasteiger partial charge in [0, 0.05) is 26.2 Å².